The topological polar surface area (TPSA) is 127 Å². The summed E-state index contributed by atoms with van der Waals surface area (Å²) in [6.07, 6.45) is 2.48. The van der Waals surface area contributed by atoms with Gasteiger partial charge in [0.05, 0.1) is 32.3 Å². The molecule has 186 valence electrons. The van der Waals surface area contributed by atoms with Crippen LogP contribution in [0.5, 0.6) is 0 Å². The number of carbonyl (C=O) groups is 2. The number of benzene rings is 1. The lowest BCUT2D eigenvalue weighted by molar-refractivity contribution is -0.175. The SMILES string of the molecule is CCOC(=O)C(OCC1CCC(n2cnc3c(NCc4ccccc4)ncnc32)O1)C(=O)OCC. The predicted octanol–water partition coefficient (Wildman–Crippen LogP) is 2.63. The van der Waals surface area contributed by atoms with Crippen molar-refractivity contribution in [3.8, 4) is 0 Å². The largest absolute Gasteiger partial charge is 0.464 e. The molecule has 1 aliphatic heterocycles. The zero-order valence-electron chi connectivity index (χ0n) is 19.8. The Balaban J connectivity index is 1.39. The molecule has 2 atom stereocenters. The summed E-state index contributed by atoms with van der Waals surface area (Å²) < 4.78 is 23.4. The molecule has 1 aliphatic rings. The molecule has 1 aromatic carbocycles. The highest BCUT2D eigenvalue weighted by Crippen LogP contribution is 2.31. The van der Waals surface area contributed by atoms with Crippen molar-refractivity contribution < 1.29 is 28.5 Å². The van der Waals surface area contributed by atoms with Gasteiger partial charge in [0.1, 0.15) is 12.6 Å². The van der Waals surface area contributed by atoms with Crippen LogP contribution in [0.2, 0.25) is 0 Å². The number of hydrogen-bond donors (Lipinski definition) is 1. The fourth-order valence-electron chi connectivity index (χ4n) is 3.86. The number of carbonyl (C=O) groups excluding carboxylic acids is 2. The number of hydrogen-bond acceptors (Lipinski definition) is 10. The van der Waals surface area contributed by atoms with Crippen LogP contribution >= 0.6 is 0 Å². The first-order chi connectivity index (χ1) is 17.1. The minimum absolute atomic E-state index is 0.0459. The third-order valence-corrected chi connectivity index (χ3v) is 5.51. The number of fused-ring (bicyclic) bond motifs is 1. The Morgan fingerprint density at radius 1 is 1.09 bits per heavy atom. The summed E-state index contributed by atoms with van der Waals surface area (Å²) in [6.45, 7) is 4.25. The molecule has 2 aromatic heterocycles. The van der Waals surface area contributed by atoms with Crippen molar-refractivity contribution in [2.75, 3.05) is 25.1 Å². The Morgan fingerprint density at radius 2 is 1.83 bits per heavy atom. The Bertz CT molecular complexity index is 1120. The quantitative estimate of drug-likeness (QED) is 0.321. The van der Waals surface area contributed by atoms with E-state index >= 15 is 0 Å². The first-order valence-electron chi connectivity index (χ1n) is 11.7. The first kappa shape index (κ1) is 24.6. The molecular weight excluding hydrogens is 454 g/mol. The van der Waals surface area contributed by atoms with Gasteiger partial charge >= 0.3 is 11.9 Å². The van der Waals surface area contributed by atoms with Crippen LogP contribution < -0.4 is 5.32 Å². The third-order valence-electron chi connectivity index (χ3n) is 5.51. The van der Waals surface area contributed by atoms with E-state index < -0.39 is 18.0 Å². The van der Waals surface area contributed by atoms with Gasteiger partial charge in [0.2, 0.25) is 0 Å². The molecule has 1 saturated heterocycles. The molecule has 11 nitrogen and oxygen atoms in total. The minimum Gasteiger partial charge on any atom is -0.464 e. The van der Waals surface area contributed by atoms with Crippen molar-refractivity contribution in [3.63, 3.8) is 0 Å². The summed E-state index contributed by atoms with van der Waals surface area (Å²) in [5, 5.41) is 3.32. The van der Waals surface area contributed by atoms with E-state index in [9.17, 15) is 9.59 Å². The standard InChI is InChI=1S/C24H29N5O6/c1-3-32-23(30)20(24(31)33-4-2)34-13-17-10-11-18(35-17)29-15-28-19-21(26-14-27-22(19)29)25-12-16-8-6-5-7-9-16/h5-9,14-15,17-18,20H,3-4,10-13H2,1-2H3,(H,25,26,27). The van der Waals surface area contributed by atoms with Crippen molar-refractivity contribution in [3.05, 3.63) is 48.5 Å². The number of ether oxygens (including phenoxy) is 4. The molecule has 0 saturated carbocycles. The van der Waals surface area contributed by atoms with Crippen LogP contribution in [0.25, 0.3) is 11.2 Å². The number of rotatable bonds is 11. The lowest BCUT2D eigenvalue weighted by Crippen LogP contribution is -2.38. The summed E-state index contributed by atoms with van der Waals surface area (Å²) >= 11 is 0. The normalized spacial score (nSPS) is 17.6. The van der Waals surface area contributed by atoms with Crippen LogP contribution in [-0.4, -0.2) is 63.5 Å². The van der Waals surface area contributed by atoms with E-state index in [1.54, 1.807) is 20.2 Å². The van der Waals surface area contributed by atoms with Gasteiger partial charge in [0, 0.05) is 6.54 Å². The number of nitrogens with one attached hydrogen (secondary N) is 1. The van der Waals surface area contributed by atoms with E-state index in [2.05, 4.69) is 20.3 Å². The Hall–Kier alpha value is -3.57. The molecule has 35 heavy (non-hydrogen) atoms. The van der Waals surface area contributed by atoms with E-state index in [0.717, 1.165) is 5.56 Å². The fraction of sp³-hybridized carbons (Fsp3) is 0.458. The summed E-state index contributed by atoms with van der Waals surface area (Å²) in [5.74, 6) is -0.899. The lowest BCUT2D eigenvalue weighted by Gasteiger charge is -2.18. The van der Waals surface area contributed by atoms with Crippen LogP contribution in [-0.2, 0) is 35.1 Å². The molecule has 0 spiro atoms. The number of nitrogens with zero attached hydrogens (tertiary/aromatic N) is 4. The van der Waals surface area contributed by atoms with Crippen LogP contribution in [0.1, 0.15) is 38.5 Å². The van der Waals surface area contributed by atoms with E-state index in [-0.39, 0.29) is 32.2 Å². The molecule has 1 N–H and O–H groups in total. The van der Waals surface area contributed by atoms with Gasteiger partial charge in [-0.25, -0.2) is 24.5 Å². The highest BCUT2D eigenvalue weighted by atomic mass is 16.6. The summed E-state index contributed by atoms with van der Waals surface area (Å²) in [4.78, 5) is 37.5. The van der Waals surface area contributed by atoms with Gasteiger partial charge in [-0.05, 0) is 32.3 Å². The number of aromatic nitrogens is 4. The van der Waals surface area contributed by atoms with Gasteiger partial charge in [-0.2, -0.15) is 0 Å². The van der Waals surface area contributed by atoms with Crippen LogP contribution in [0, 0.1) is 0 Å². The van der Waals surface area contributed by atoms with Crippen molar-refractivity contribution in [1.29, 1.82) is 0 Å². The van der Waals surface area contributed by atoms with Gasteiger partial charge in [0.25, 0.3) is 6.10 Å². The summed E-state index contributed by atoms with van der Waals surface area (Å²) in [5.41, 5.74) is 2.43. The fourth-order valence-corrected chi connectivity index (χ4v) is 3.86. The van der Waals surface area contributed by atoms with Gasteiger partial charge in [-0.3, -0.25) is 4.57 Å². The van der Waals surface area contributed by atoms with Crippen LogP contribution in [0.4, 0.5) is 5.82 Å². The third kappa shape index (κ3) is 5.92. The van der Waals surface area contributed by atoms with Gasteiger partial charge < -0.3 is 24.3 Å². The number of anilines is 1. The Labute approximate surface area is 202 Å². The smallest absolute Gasteiger partial charge is 0.347 e. The zero-order valence-corrected chi connectivity index (χ0v) is 19.8. The molecule has 3 aromatic rings. The monoisotopic (exact) mass is 483 g/mol. The molecular formula is C24H29N5O6. The molecule has 11 heteroatoms. The molecule has 3 heterocycles. The maximum Gasteiger partial charge on any atom is 0.347 e. The van der Waals surface area contributed by atoms with Gasteiger partial charge in [0.15, 0.2) is 17.0 Å². The molecule has 4 rings (SSSR count). The predicted molar refractivity (Wildman–Crippen MR) is 125 cm³/mol. The first-order valence-corrected chi connectivity index (χ1v) is 11.7. The maximum absolute atomic E-state index is 12.1. The summed E-state index contributed by atoms with van der Waals surface area (Å²) in [6, 6.07) is 10.0. The second-order valence-corrected chi connectivity index (χ2v) is 7.89. The maximum atomic E-state index is 12.1. The number of esters is 2. The molecule has 0 amide bonds. The molecule has 1 fully saturated rings. The number of imidazole rings is 1. The van der Waals surface area contributed by atoms with E-state index in [4.69, 9.17) is 18.9 Å². The van der Waals surface area contributed by atoms with Crippen molar-refractivity contribution in [2.24, 2.45) is 0 Å². The second kappa shape index (κ2) is 11.7. The van der Waals surface area contributed by atoms with Gasteiger partial charge in [-0.15, -0.1) is 0 Å². The zero-order chi connectivity index (χ0) is 24.6. The van der Waals surface area contributed by atoms with Crippen molar-refractivity contribution in [2.45, 2.75) is 51.7 Å². The van der Waals surface area contributed by atoms with Crippen molar-refractivity contribution >= 4 is 28.9 Å². The van der Waals surface area contributed by atoms with Gasteiger partial charge in [-0.1, -0.05) is 30.3 Å². The highest BCUT2D eigenvalue weighted by molar-refractivity contribution is 5.98. The van der Waals surface area contributed by atoms with E-state index in [1.165, 1.54) is 6.33 Å². The molecule has 0 radical (unpaired) electrons. The van der Waals surface area contributed by atoms with E-state index in [0.29, 0.717) is 36.4 Å². The minimum atomic E-state index is -1.43. The van der Waals surface area contributed by atoms with Crippen LogP contribution in [0.3, 0.4) is 0 Å². The molecule has 0 bridgehead atoms. The average molecular weight is 484 g/mol. The highest BCUT2D eigenvalue weighted by Gasteiger charge is 2.34. The molecule has 2 unspecified atom stereocenters. The van der Waals surface area contributed by atoms with E-state index in [1.807, 2.05) is 34.9 Å². The summed E-state index contributed by atoms with van der Waals surface area (Å²) in [7, 11) is 0. The van der Waals surface area contributed by atoms with Crippen LogP contribution in [0.15, 0.2) is 43.0 Å². The Kier molecular flexibility index (Phi) is 8.22. The average Bonchev–Trinajstić information content (AvgIpc) is 3.51. The lowest BCUT2D eigenvalue weighted by atomic mass is 10.2. The van der Waals surface area contributed by atoms with Crippen molar-refractivity contribution in [1.82, 2.24) is 19.5 Å². The Morgan fingerprint density at radius 3 is 2.54 bits per heavy atom. The second-order valence-electron chi connectivity index (χ2n) is 7.89. The molecule has 0 aliphatic carbocycles.